The fraction of sp³-hybridized carbons (Fsp3) is 0.278. The van der Waals surface area contributed by atoms with Crippen LogP contribution in [0.3, 0.4) is 0 Å². The van der Waals surface area contributed by atoms with Crippen LogP contribution in [0.2, 0.25) is 0 Å². The first-order valence-electron chi connectivity index (χ1n) is 7.62. The van der Waals surface area contributed by atoms with Gasteiger partial charge < -0.3 is 4.74 Å². The molecule has 0 unspecified atom stereocenters. The highest BCUT2D eigenvalue weighted by atomic mass is 32.2. The van der Waals surface area contributed by atoms with E-state index < -0.39 is 0 Å². The SMILES string of the molecule is COc1ccc(-c2ccc(-c3ccc(CCCSC(C)=O)s3)s2)s1. The summed E-state index contributed by atoms with van der Waals surface area (Å²) in [5.74, 6) is 0.909. The number of ether oxygens (including phenoxy) is 1. The predicted octanol–water partition coefficient (Wildman–Crippen LogP) is 6.43. The lowest BCUT2D eigenvalue weighted by molar-refractivity contribution is -0.109. The number of hydrogen-bond acceptors (Lipinski definition) is 6. The molecule has 3 aromatic rings. The third kappa shape index (κ3) is 4.51. The average Bonchev–Trinajstić information content (AvgIpc) is 3.29. The van der Waals surface area contributed by atoms with Crippen LogP contribution < -0.4 is 4.74 Å². The van der Waals surface area contributed by atoms with Crippen molar-refractivity contribution in [3.05, 3.63) is 41.3 Å². The Morgan fingerprint density at radius 2 is 1.58 bits per heavy atom. The zero-order valence-electron chi connectivity index (χ0n) is 13.5. The van der Waals surface area contributed by atoms with E-state index in [9.17, 15) is 4.79 Å². The molecule has 0 fully saturated rings. The number of rotatable bonds is 7. The fourth-order valence-corrected chi connectivity index (χ4v) is 5.91. The molecule has 2 nitrogen and oxygen atoms in total. The molecule has 24 heavy (non-hydrogen) atoms. The zero-order chi connectivity index (χ0) is 16.9. The van der Waals surface area contributed by atoms with Gasteiger partial charge in [0.25, 0.3) is 0 Å². The molecule has 0 atom stereocenters. The summed E-state index contributed by atoms with van der Waals surface area (Å²) in [7, 11) is 1.71. The molecule has 0 aromatic carbocycles. The molecule has 6 heteroatoms. The quantitative estimate of drug-likeness (QED) is 0.432. The van der Waals surface area contributed by atoms with Crippen LogP contribution in [0, 0.1) is 0 Å². The standard InChI is InChI=1S/C18H18O2S4/c1-12(19)21-11-3-4-13-5-6-14(22-13)15-7-8-16(23-15)17-9-10-18(20-2)24-17/h5-10H,3-4,11H2,1-2H3. The minimum absolute atomic E-state index is 0.207. The van der Waals surface area contributed by atoms with E-state index in [1.54, 1.807) is 25.4 Å². The summed E-state index contributed by atoms with van der Waals surface area (Å²) in [6.07, 6.45) is 2.10. The van der Waals surface area contributed by atoms with Crippen molar-refractivity contribution in [2.75, 3.05) is 12.9 Å². The van der Waals surface area contributed by atoms with E-state index in [2.05, 4.69) is 30.3 Å². The molecule has 0 saturated carbocycles. The molecule has 0 aliphatic heterocycles. The predicted molar refractivity (Wildman–Crippen MR) is 109 cm³/mol. The van der Waals surface area contributed by atoms with E-state index in [0.717, 1.165) is 23.7 Å². The lowest BCUT2D eigenvalue weighted by Crippen LogP contribution is -1.88. The van der Waals surface area contributed by atoms with Crippen LogP contribution >= 0.6 is 45.8 Å². The summed E-state index contributed by atoms with van der Waals surface area (Å²) in [5.41, 5.74) is 0. The lowest BCUT2D eigenvalue weighted by Gasteiger charge is -1.96. The van der Waals surface area contributed by atoms with Crippen molar-refractivity contribution in [3.63, 3.8) is 0 Å². The van der Waals surface area contributed by atoms with Gasteiger partial charge in [0.15, 0.2) is 10.2 Å². The smallest absolute Gasteiger partial charge is 0.185 e. The summed E-state index contributed by atoms with van der Waals surface area (Å²) in [4.78, 5) is 17.5. The molecule has 0 N–H and O–H groups in total. The van der Waals surface area contributed by atoms with E-state index in [1.807, 2.05) is 28.7 Å². The molecule has 0 spiro atoms. The number of carbonyl (C=O) groups excluding carboxylic acids is 1. The van der Waals surface area contributed by atoms with E-state index >= 15 is 0 Å². The van der Waals surface area contributed by atoms with Crippen molar-refractivity contribution < 1.29 is 9.53 Å². The maximum atomic E-state index is 10.9. The molecule has 3 rings (SSSR count). The van der Waals surface area contributed by atoms with E-state index in [-0.39, 0.29) is 5.12 Å². The molecule has 0 saturated heterocycles. The Hall–Kier alpha value is -1.08. The molecular formula is C18H18O2S4. The van der Waals surface area contributed by atoms with Gasteiger partial charge in [0.2, 0.25) is 0 Å². The first kappa shape index (κ1) is 17.7. The first-order valence-corrected chi connectivity index (χ1v) is 11.1. The van der Waals surface area contributed by atoms with Crippen LogP contribution in [0.5, 0.6) is 5.06 Å². The van der Waals surface area contributed by atoms with Gasteiger partial charge in [0.1, 0.15) is 0 Å². The zero-order valence-corrected chi connectivity index (χ0v) is 16.8. The topological polar surface area (TPSA) is 26.3 Å². The minimum atomic E-state index is 0.207. The molecule has 3 aromatic heterocycles. The maximum absolute atomic E-state index is 10.9. The van der Waals surface area contributed by atoms with Gasteiger partial charge in [-0.05, 0) is 49.2 Å². The fourth-order valence-electron chi connectivity index (χ4n) is 2.27. The van der Waals surface area contributed by atoms with E-state index in [4.69, 9.17) is 4.74 Å². The first-order chi connectivity index (χ1) is 11.7. The molecule has 3 heterocycles. The van der Waals surface area contributed by atoms with Crippen LogP contribution in [0.4, 0.5) is 0 Å². The normalized spacial score (nSPS) is 10.9. The van der Waals surface area contributed by atoms with E-state index in [1.165, 1.54) is 36.1 Å². The van der Waals surface area contributed by atoms with Gasteiger partial charge in [0.05, 0.1) is 7.11 Å². The second-order valence-corrected chi connectivity index (χ2v) is 9.77. The highest BCUT2D eigenvalue weighted by Gasteiger charge is 2.10. The van der Waals surface area contributed by atoms with Crippen LogP contribution in [0.25, 0.3) is 19.5 Å². The molecule has 0 bridgehead atoms. The van der Waals surface area contributed by atoms with Crippen LogP contribution in [-0.4, -0.2) is 18.0 Å². The Morgan fingerprint density at radius 3 is 2.25 bits per heavy atom. The lowest BCUT2D eigenvalue weighted by atomic mass is 10.3. The van der Waals surface area contributed by atoms with Crippen molar-refractivity contribution in [1.82, 2.24) is 0 Å². The number of thioether (sulfide) groups is 1. The van der Waals surface area contributed by atoms with Crippen molar-refractivity contribution in [2.24, 2.45) is 0 Å². The maximum Gasteiger partial charge on any atom is 0.185 e. The Bertz CT molecular complexity index is 812. The molecule has 126 valence electrons. The monoisotopic (exact) mass is 394 g/mol. The molecule has 0 aliphatic carbocycles. The summed E-state index contributed by atoms with van der Waals surface area (Å²) in [6, 6.07) is 12.9. The van der Waals surface area contributed by atoms with Crippen molar-refractivity contribution in [1.29, 1.82) is 0 Å². The number of carbonyl (C=O) groups is 1. The van der Waals surface area contributed by atoms with Gasteiger partial charge >= 0.3 is 0 Å². The van der Waals surface area contributed by atoms with Crippen molar-refractivity contribution in [3.8, 4) is 24.6 Å². The Balaban J connectivity index is 1.64. The van der Waals surface area contributed by atoms with Crippen LogP contribution in [-0.2, 0) is 11.2 Å². The molecule has 0 aliphatic rings. The highest BCUT2D eigenvalue weighted by molar-refractivity contribution is 8.13. The number of thiophene rings is 3. The average molecular weight is 395 g/mol. The van der Waals surface area contributed by atoms with Gasteiger partial charge in [-0.2, -0.15) is 0 Å². The number of aryl methyl sites for hydroxylation is 1. The largest absolute Gasteiger partial charge is 0.487 e. The Labute approximate surface area is 158 Å². The molecular weight excluding hydrogens is 376 g/mol. The van der Waals surface area contributed by atoms with Gasteiger partial charge in [-0.25, -0.2) is 0 Å². The van der Waals surface area contributed by atoms with Gasteiger partial charge in [-0.3, -0.25) is 4.79 Å². The Morgan fingerprint density at radius 1 is 0.958 bits per heavy atom. The van der Waals surface area contributed by atoms with Crippen LogP contribution in [0.15, 0.2) is 36.4 Å². The minimum Gasteiger partial charge on any atom is -0.487 e. The van der Waals surface area contributed by atoms with E-state index in [0.29, 0.717) is 0 Å². The van der Waals surface area contributed by atoms with Gasteiger partial charge in [-0.15, -0.1) is 22.7 Å². The number of hydrogen-bond donors (Lipinski definition) is 0. The summed E-state index contributed by atoms with van der Waals surface area (Å²) >= 11 is 6.78. The second kappa shape index (κ2) is 8.34. The van der Waals surface area contributed by atoms with Crippen LogP contribution in [0.1, 0.15) is 18.2 Å². The molecule has 0 amide bonds. The molecule has 0 radical (unpaired) electrons. The second-order valence-electron chi connectivity index (χ2n) is 5.20. The Kier molecular flexibility index (Phi) is 6.16. The summed E-state index contributed by atoms with van der Waals surface area (Å²) in [6.45, 7) is 1.63. The van der Waals surface area contributed by atoms with Crippen molar-refractivity contribution in [2.45, 2.75) is 19.8 Å². The third-order valence-electron chi connectivity index (χ3n) is 3.41. The number of methoxy groups -OCH3 is 1. The van der Waals surface area contributed by atoms with Crippen molar-refractivity contribution >= 4 is 50.9 Å². The third-order valence-corrected chi connectivity index (χ3v) is 7.98. The highest BCUT2D eigenvalue weighted by Crippen LogP contribution is 2.41. The van der Waals surface area contributed by atoms with Gasteiger partial charge in [0, 0.05) is 37.1 Å². The summed E-state index contributed by atoms with van der Waals surface area (Å²) < 4.78 is 5.28. The van der Waals surface area contributed by atoms with Gasteiger partial charge in [-0.1, -0.05) is 23.1 Å². The summed E-state index contributed by atoms with van der Waals surface area (Å²) in [5, 5.41) is 1.15.